The van der Waals surface area contributed by atoms with E-state index < -0.39 is 0 Å². The Morgan fingerprint density at radius 2 is 1.06 bits per heavy atom. The first-order valence-corrected chi connectivity index (χ1v) is 6.67. The lowest BCUT2D eigenvalue weighted by Crippen LogP contribution is -1.73. The normalized spacial score (nSPS) is 9.12. The summed E-state index contributed by atoms with van der Waals surface area (Å²) >= 11 is 3.25. The van der Waals surface area contributed by atoms with Gasteiger partial charge in [0.15, 0.2) is 0 Å². The van der Waals surface area contributed by atoms with E-state index in [1.807, 2.05) is 12.1 Å². The van der Waals surface area contributed by atoms with Crippen molar-refractivity contribution in [2.24, 2.45) is 0 Å². The lowest BCUT2D eigenvalue weighted by molar-refractivity contribution is 1.12. The Morgan fingerprint density at radius 3 is 1.31 bits per heavy atom. The van der Waals surface area contributed by atoms with Gasteiger partial charge >= 0.3 is 0 Å². The van der Waals surface area contributed by atoms with Crippen LogP contribution in [0.25, 0.3) is 11.1 Å². The molecule has 0 amide bonds. The van der Waals surface area contributed by atoms with Crippen LogP contribution in [0.5, 0.6) is 0 Å². The van der Waals surface area contributed by atoms with Crippen LogP contribution < -0.4 is 0 Å². The second-order valence-corrected chi connectivity index (χ2v) is 4.21. The highest BCUT2D eigenvalue weighted by Crippen LogP contribution is 2.17. The summed E-state index contributed by atoms with van der Waals surface area (Å²) in [6, 6.07) is 20.8. The molecule has 0 aliphatic rings. The summed E-state index contributed by atoms with van der Waals surface area (Å²) in [6.07, 6.45) is 1.24. The fourth-order valence-electron chi connectivity index (χ4n) is 1.26. The van der Waals surface area contributed by atoms with E-state index in [-0.39, 0.29) is 0 Å². The minimum Gasteiger partial charge on any atom is -0.0928 e. The Balaban J connectivity index is 0.000000280. The predicted molar refractivity (Wildman–Crippen MR) is 76.0 cm³/mol. The van der Waals surface area contributed by atoms with Gasteiger partial charge in [0.05, 0.1) is 0 Å². The molecule has 2 aromatic carbocycles. The monoisotopic (exact) mass is 276 g/mol. The van der Waals surface area contributed by atoms with E-state index in [0.717, 1.165) is 5.33 Å². The van der Waals surface area contributed by atoms with E-state index in [1.54, 1.807) is 0 Å². The van der Waals surface area contributed by atoms with Crippen molar-refractivity contribution in [2.75, 3.05) is 5.33 Å². The summed E-state index contributed by atoms with van der Waals surface area (Å²) in [7, 11) is 0. The third-order valence-corrected chi connectivity index (χ3v) is 2.86. The van der Waals surface area contributed by atoms with E-state index in [4.69, 9.17) is 0 Å². The molecule has 0 atom stereocenters. The van der Waals surface area contributed by atoms with E-state index >= 15 is 0 Å². The van der Waals surface area contributed by atoms with Gasteiger partial charge in [0, 0.05) is 5.33 Å². The highest BCUT2D eigenvalue weighted by molar-refractivity contribution is 9.09. The maximum absolute atomic E-state index is 3.25. The zero-order valence-electron chi connectivity index (χ0n) is 9.57. The lowest BCUT2D eigenvalue weighted by Gasteiger charge is -1.98. The molecule has 0 aliphatic carbocycles. The fourth-order valence-corrected chi connectivity index (χ4v) is 1.26. The number of hydrogen-bond donors (Lipinski definition) is 0. The SMILES string of the molecule is CCCBr.c1ccc(-c2ccccc2)cc1. The van der Waals surface area contributed by atoms with E-state index in [2.05, 4.69) is 71.4 Å². The van der Waals surface area contributed by atoms with Gasteiger partial charge in [-0.1, -0.05) is 83.5 Å². The molecule has 0 N–H and O–H groups in total. The zero-order valence-corrected chi connectivity index (χ0v) is 11.2. The molecule has 0 saturated carbocycles. The zero-order chi connectivity index (χ0) is 11.6. The number of rotatable bonds is 2. The molecule has 1 heteroatoms. The van der Waals surface area contributed by atoms with Crippen LogP contribution in [0, 0.1) is 0 Å². The average molecular weight is 277 g/mol. The van der Waals surface area contributed by atoms with Gasteiger partial charge in [0.1, 0.15) is 0 Å². The highest BCUT2D eigenvalue weighted by atomic mass is 79.9. The summed E-state index contributed by atoms with van der Waals surface area (Å²) in [5.41, 5.74) is 2.55. The Labute approximate surface area is 106 Å². The molecular weight excluding hydrogens is 260 g/mol. The van der Waals surface area contributed by atoms with Crippen LogP contribution in [0.15, 0.2) is 60.7 Å². The van der Waals surface area contributed by atoms with Gasteiger partial charge in [0.25, 0.3) is 0 Å². The molecule has 0 heterocycles. The van der Waals surface area contributed by atoms with Crippen molar-refractivity contribution in [2.45, 2.75) is 13.3 Å². The Morgan fingerprint density at radius 1 is 0.750 bits per heavy atom. The molecule has 0 unspecified atom stereocenters. The van der Waals surface area contributed by atoms with Crippen LogP contribution in [-0.4, -0.2) is 5.33 Å². The summed E-state index contributed by atoms with van der Waals surface area (Å²) < 4.78 is 0. The van der Waals surface area contributed by atoms with Crippen molar-refractivity contribution < 1.29 is 0 Å². The first-order chi connectivity index (χ1) is 7.88. The predicted octanol–water partition coefficient (Wildman–Crippen LogP) is 5.14. The van der Waals surface area contributed by atoms with Crippen LogP contribution in [0.2, 0.25) is 0 Å². The van der Waals surface area contributed by atoms with Gasteiger partial charge in [-0.3, -0.25) is 0 Å². The molecule has 0 spiro atoms. The summed E-state index contributed by atoms with van der Waals surface area (Å²) in [5.74, 6) is 0. The summed E-state index contributed by atoms with van der Waals surface area (Å²) in [6.45, 7) is 2.13. The fraction of sp³-hybridized carbons (Fsp3) is 0.200. The van der Waals surface area contributed by atoms with Crippen molar-refractivity contribution >= 4 is 15.9 Å². The van der Waals surface area contributed by atoms with Gasteiger partial charge < -0.3 is 0 Å². The third kappa shape index (κ3) is 4.63. The Kier molecular flexibility index (Phi) is 6.59. The van der Waals surface area contributed by atoms with Crippen LogP contribution in [0.1, 0.15) is 13.3 Å². The number of hydrogen-bond acceptors (Lipinski definition) is 0. The van der Waals surface area contributed by atoms with Gasteiger partial charge in [-0.05, 0) is 17.5 Å². The number of benzene rings is 2. The second-order valence-electron chi connectivity index (χ2n) is 3.42. The minimum absolute atomic E-state index is 1.13. The van der Waals surface area contributed by atoms with Crippen LogP contribution in [0.3, 0.4) is 0 Å². The highest BCUT2D eigenvalue weighted by Gasteiger charge is 1.91. The van der Waals surface area contributed by atoms with E-state index in [9.17, 15) is 0 Å². The van der Waals surface area contributed by atoms with Crippen molar-refractivity contribution in [1.82, 2.24) is 0 Å². The molecule has 16 heavy (non-hydrogen) atoms. The Bertz CT molecular complexity index is 328. The topological polar surface area (TPSA) is 0 Å². The lowest BCUT2D eigenvalue weighted by atomic mass is 10.1. The van der Waals surface area contributed by atoms with E-state index in [0.29, 0.717) is 0 Å². The molecule has 2 rings (SSSR count). The summed E-state index contributed by atoms with van der Waals surface area (Å²) in [4.78, 5) is 0. The first-order valence-electron chi connectivity index (χ1n) is 5.55. The molecule has 0 radical (unpaired) electrons. The maximum Gasteiger partial charge on any atom is 0.00286 e. The van der Waals surface area contributed by atoms with Crippen molar-refractivity contribution in [3.05, 3.63) is 60.7 Å². The molecule has 2 aromatic rings. The molecule has 0 fully saturated rings. The minimum atomic E-state index is 1.13. The second kappa shape index (κ2) is 8.12. The van der Waals surface area contributed by atoms with Gasteiger partial charge in [-0.15, -0.1) is 0 Å². The van der Waals surface area contributed by atoms with Crippen molar-refractivity contribution in [3.63, 3.8) is 0 Å². The van der Waals surface area contributed by atoms with Crippen molar-refractivity contribution in [3.8, 4) is 11.1 Å². The molecule has 0 aromatic heterocycles. The largest absolute Gasteiger partial charge is 0.0928 e. The van der Waals surface area contributed by atoms with Crippen LogP contribution in [-0.2, 0) is 0 Å². The average Bonchev–Trinajstić information content (AvgIpc) is 2.41. The van der Waals surface area contributed by atoms with Crippen LogP contribution >= 0.6 is 15.9 Å². The quantitative estimate of drug-likeness (QED) is 0.666. The maximum atomic E-state index is 3.25. The number of alkyl halides is 1. The molecular formula is C15H17Br. The molecule has 0 saturated heterocycles. The van der Waals surface area contributed by atoms with Crippen LogP contribution in [0.4, 0.5) is 0 Å². The third-order valence-electron chi connectivity index (χ3n) is 2.07. The number of halogens is 1. The molecule has 0 bridgehead atoms. The molecule has 0 aliphatic heterocycles. The van der Waals surface area contributed by atoms with Gasteiger partial charge in [-0.25, -0.2) is 0 Å². The van der Waals surface area contributed by atoms with Gasteiger partial charge in [-0.2, -0.15) is 0 Å². The molecule has 0 nitrogen and oxygen atoms in total. The van der Waals surface area contributed by atoms with E-state index in [1.165, 1.54) is 17.5 Å². The summed E-state index contributed by atoms with van der Waals surface area (Å²) in [5, 5.41) is 1.13. The molecule has 84 valence electrons. The standard InChI is InChI=1S/C12H10.C3H7Br/c1-3-7-11(8-4-1)12-9-5-2-6-10-12;1-2-3-4/h1-10H;2-3H2,1H3. The van der Waals surface area contributed by atoms with Gasteiger partial charge in [0.2, 0.25) is 0 Å². The first kappa shape index (κ1) is 13.0. The Hall–Kier alpha value is -1.08. The van der Waals surface area contributed by atoms with Crippen molar-refractivity contribution in [1.29, 1.82) is 0 Å². The smallest absolute Gasteiger partial charge is 0.00286 e.